The van der Waals surface area contributed by atoms with Crippen LogP contribution in [-0.4, -0.2) is 46.4 Å². The van der Waals surface area contributed by atoms with Crippen LogP contribution in [0.2, 0.25) is 0 Å². The Morgan fingerprint density at radius 1 is 1.24 bits per heavy atom. The first-order valence-electron chi connectivity index (χ1n) is 9.52. The summed E-state index contributed by atoms with van der Waals surface area (Å²) in [4.78, 5) is 12.5. The van der Waals surface area contributed by atoms with Gasteiger partial charge in [-0.1, -0.05) is 25.1 Å². The monoisotopic (exact) mass is 418 g/mol. The van der Waals surface area contributed by atoms with Gasteiger partial charge in [-0.2, -0.15) is 0 Å². The summed E-state index contributed by atoms with van der Waals surface area (Å²) in [5.41, 5.74) is 2.59. The number of aryl methyl sites for hydroxylation is 2. The van der Waals surface area contributed by atoms with Crippen LogP contribution in [-0.2, 0) is 21.2 Å². The molecule has 3 rings (SSSR count). The van der Waals surface area contributed by atoms with Gasteiger partial charge in [0.15, 0.2) is 6.10 Å². The Balaban J connectivity index is 1.58. The van der Waals surface area contributed by atoms with E-state index in [1.165, 1.54) is 9.87 Å². The second-order valence-corrected chi connectivity index (χ2v) is 8.92. The van der Waals surface area contributed by atoms with E-state index in [-0.39, 0.29) is 19.0 Å². The molecule has 1 atom stereocenters. The zero-order valence-corrected chi connectivity index (χ0v) is 17.7. The number of anilines is 1. The summed E-state index contributed by atoms with van der Waals surface area (Å²) in [5, 5.41) is 2.75. The lowest BCUT2D eigenvalue weighted by Crippen LogP contribution is -2.51. The van der Waals surface area contributed by atoms with Crippen LogP contribution in [0.1, 0.15) is 18.1 Å². The number of hydrogen-bond donors (Lipinski definition) is 1. The van der Waals surface area contributed by atoms with Gasteiger partial charge in [0.25, 0.3) is 5.91 Å². The van der Waals surface area contributed by atoms with Crippen molar-refractivity contribution in [1.29, 1.82) is 0 Å². The first kappa shape index (κ1) is 21.0. The van der Waals surface area contributed by atoms with Gasteiger partial charge < -0.3 is 14.8 Å². The van der Waals surface area contributed by atoms with Crippen LogP contribution in [0.4, 0.5) is 5.69 Å². The molecule has 7 nitrogen and oxygen atoms in total. The van der Waals surface area contributed by atoms with Crippen molar-refractivity contribution in [2.45, 2.75) is 26.4 Å². The van der Waals surface area contributed by atoms with Crippen molar-refractivity contribution in [3.8, 4) is 11.5 Å². The maximum atomic E-state index is 12.5. The molecule has 0 bridgehead atoms. The molecular formula is C21H26N2O5S. The summed E-state index contributed by atoms with van der Waals surface area (Å²) in [6, 6.07) is 13.0. The van der Waals surface area contributed by atoms with Crippen molar-refractivity contribution in [3.63, 3.8) is 0 Å². The topological polar surface area (TPSA) is 84.9 Å². The van der Waals surface area contributed by atoms with E-state index in [0.717, 1.165) is 24.0 Å². The SMILES string of the molecule is CCc1ccc(OCCNC(=O)[C@H]2CN(S(C)(=O)=O)c3cc(C)ccc3O2)cc1. The Morgan fingerprint density at radius 3 is 2.62 bits per heavy atom. The Hall–Kier alpha value is -2.74. The molecule has 1 aliphatic heterocycles. The normalized spacial score (nSPS) is 16.0. The first-order valence-corrected chi connectivity index (χ1v) is 11.4. The fourth-order valence-corrected chi connectivity index (χ4v) is 4.00. The fraction of sp³-hybridized carbons (Fsp3) is 0.381. The highest BCUT2D eigenvalue weighted by Gasteiger charge is 2.34. The van der Waals surface area contributed by atoms with E-state index in [1.54, 1.807) is 12.1 Å². The third kappa shape index (κ3) is 5.20. The van der Waals surface area contributed by atoms with Crippen LogP contribution in [0.5, 0.6) is 11.5 Å². The van der Waals surface area contributed by atoms with E-state index in [2.05, 4.69) is 12.2 Å². The van der Waals surface area contributed by atoms with Crippen molar-refractivity contribution in [3.05, 3.63) is 53.6 Å². The zero-order valence-electron chi connectivity index (χ0n) is 16.8. The standard InChI is InChI=1S/C21H26N2O5S/c1-4-16-6-8-17(9-7-16)27-12-11-22-21(24)20-14-23(29(3,25)26)18-13-15(2)5-10-19(18)28-20/h5-10,13,20H,4,11-12,14H2,1-3H3,(H,22,24)/t20-/m1/s1. The molecule has 0 saturated heterocycles. The third-order valence-corrected chi connectivity index (χ3v) is 5.82. The predicted molar refractivity (Wildman–Crippen MR) is 112 cm³/mol. The molecule has 1 amide bonds. The Kier molecular flexibility index (Phi) is 6.32. The molecule has 2 aromatic carbocycles. The zero-order chi connectivity index (χ0) is 21.0. The van der Waals surface area contributed by atoms with Crippen LogP contribution in [0, 0.1) is 6.92 Å². The Morgan fingerprint density at radius 2 is 1.97 bits per heavy atom. The van der Waals surface area contributed by atoms with Crippen molar-refractivity contribution in [1.82, 2.24) is 5.32 Å². The van der Waals surface area contributed by atoms with Gasteiger partial charge in [0, 0.05) is 0 Å². The molecule has 0 fully saturated rings. The summed E-state index contributed by atoms with van der Waals surface area (Å²) >= 11 is 0. The van der Waals surface area contributed by atoms with E-state index in [1.807, 2.05) is 37.3 Å². The average Bonchev–Trinajstić information content (AvgIpc) is 2.70. The van der Waals surface area contributed by atoms with E-state index < -0.39 is 16.1 Å². The van der Waals surface area contributed by atoms with E-state index >= 15 is 0 Å². The maximum Gasteiger partial charge on any atom is 0.263 e. The van der Waals surface area contributed by atoms with E-state index in [9.17, 15) is 13.2 Å². The summed E-state index contributed by atoms with van der Waals surface area (Å²) in [5.74, 6) is 0.729. The molecule has 0 aromatic heterocycles. The number of rotatable bonds is 7. The van der Waals surface area contributed by atoms with Crippen LogP contribution in [0.3, 0.4) is 0 Å². The van der Waals surface area contributed by atoms with Gasteiger partial charge >= 0.3 is 0 Å². The summed E-state index contributed by atoms with van der Waals surface area (Å²) in [7, 11) is -3.54. The first-order chi connectivity index (χ1) is 13.8. The van der Waals surface area contributed by atoms with Gasteiger partial charge in [-0.15, -0.1) is 0 Å². The van der Waals surface area contributed by atoms with Crippen LogP contribution < -0.4 is 19.1 Å². The number of carbonyl (C=O) groups is 1. The molecule has 0 saturated carbocycles. The van der Waals surface area contributed by atoms with Crippen LogP contribution >= 0.6 is 0 Å². The molecule has 1 N–H and O–H groups in total. The molecule has 0 aliphatic carbocycles. The molecule has 156 valence electrons. The smallest absolute Gasteiger partial charge is 0.263 e. The second-order valence-electron chi connectivity index (χ2n) is 7.01. The lowest BCUT2D eigenvalue weighted by molar-refractivity contribution is -0.127. The Labute approximate surface area is 171 Å². The van der Waals surface area contributed by atoms with Gasteiger partial charge in [0.1, 0.15) is 18.1 Å². The number of carbonyl (C=O) groups excluding carboxylic acids is 1. The molecule has 1 heterocycles. The second kappa shape index (κ2) is 8.73. The van der Waals surface area contributed by atoms with Gasteiger partial charge in [-0.25, -0.2) is 8.42 Å². The van der Waals surface area contributed by atoms with Crippen molar-refractivity contribution < 1.29 is 22.7 Å². The summed E-state index contributed by atoms with van der Waals surface area (Å²) in [6.45, 7) is 4.47. The van der Waals surface area contributed by atoms with Gasteiger partial charge in [0.2, 0.25) is 10.0 Å². The molecule has 0 radical (unpaired) electrons. The Bertz CT molecular complexity index is 973. The quantitative estimate of drug-likeness (QED) is 0.698. The summed E-state index contributed by atoms with van der Waals surface area (Å²) < 4.78 is 37.0. The minimum absolute atomic E-state index is 0.0690. The number of ether oxygens (including phenoxy) is 2. The highest BCUT2D eigenvalue weighted by Crippen LogP contribution is 2.35. The number of nitrogens with one attached hydrogen (secondary N) is 1. The summed E-state index contributed by atoms with van der Waals surface area (Å²) in [6.07, 6.45) is 1.16. The molecule has 0 unspecified atom stereocenters. The van der Waals surface area contributed by atoms with Gasteiger partial charge in [0.05, 0.1) is 25.0 Å². The minimum Gasteiger partial charge on any atom is -0.492 e. The number of amides is 1. The fourth-order valence-electron chi connectivity index (χ4n) is 3.09. The number of hydrogen-bond acceptors (Lipinski definition) is 5. The molecule has 0 spiro atoms. The minimum atomic E-state index is -3.54. The van der Waals surface area contributed by atoms with Crippen molar-refractivity contribution in [2.75, 3.05) is 30.3 Å². The largest absolute Gasteiger partial charge is 0.492 e. The van der Waals surface area contributed by atoms with E-state index in [4.69, 9.17) is 9.47 Å². The van der Waals surface area contributed by atoms with Crippen molar-refractivity contribution in [2.24, 2.45) is 0 Å². The molecule has 8 heteroatoms. The highest BCUT2D eigenvalue weighted by molar-refractivity contribution is 7.92. The molecule has 1 aliphatic rings. The van der Waals surface area contributed by atoms with Gasteiger partial charge in [-0.3, -0.25) is 9.10 Å². The van der Waals surface area contributed by atoms with E-state index in [0.29, 0.717) is 18.0 Å². The molecule has 29 heavy (non-hydrogen) atoms. The lowest BCUT2D eigenvalue weighted by atomic mass is 10.1. The number of fused-ring (bicyclic) bond motifs is 1. The number of nitrogens with zero attached hydrogens (tertiary/aromatic N) is 1. The number of sulfonamides is 1. The van der Waals surface area contributed by atoms with Gasteiger partial charge in [-0.05, 0) is 48.7 Å². The third-order valence-electron chi connectivity index (χ3n) is 4.68. The molecular weight excluding hydrogens is 392 g/mol. The van der Waals surface area contributed by atoms with Crippen LogP contribution in [0.15, 0.2) is 42.5 Å². The van der Waals surface area contributed by atoms with Crippen molar-refractivity contribution >= 4 is 21.6 Å². The number of benzene rings is 2. The average molecular weight is 419 g/mol. The molecule has 2 aromatic rings. The lowest BCUT2D eigenvalue weighted by Gasteiger charge is -2.34. The van der Waals surface area contributed by atoms with Crippen LogP contribution in [0.25, 0.3) is 0 Å². The predicted octanol–water partition coefficient (Wildman–Crippen LogP) is 2.28. The highest BCUT2D eigenvalue weighted by atomic mass is 32.2. The maximum absolute atomic E-state index is 12.5.